The van der Waals surface area contributed by atoms with Crippen molar-refractivity contribution in [1.82, 2.24) is 0 Å². The van der Waals surface area contributed by atoms with Crippen molar-refractivity contribution in [3.05, 3.63) is 172 Å². The molecular weight excluding hydrogens is 888 g/mol. The standard InChI is InChI=1S/C62H37B12N/c1-60(2)35-26-38(48(63)50(65)42(35)44-46(60)54(69)58(73)56(71)52(44)67)75(39-27-36-43(51(66)49(39)64)45-47(61(36,3)4)55(70)59(74)57(72)53(45)68)37-25-15-24-33(40(37)29-18-10-7-11-19-29)62(5)32-22-13-12-20-31(32)41-30(21-14-23-34(41)62)28-16-8-6-9-17-28/h6-27H,1-5H3. The van der Waals surface area contributed by atoms with Crippen LogP contribution < -0.4 is 70.5 Å². The predicted molar refractivity (Wildman–Crippen MR) is 329 cm³/mol. The van der Waals surface area contributed by atoms with Crippen LogP contribution in [0.15, 0.2) is 133 Å². The molecule has 1 atom stereocenters. The Morgan fingerprint density at radius 2 is 0.667 bits per heavy atom. The summed E-state index contributed by atoms with van der Waals surface area (Å²) in [5, 5.41) is 0. The van der Waals surface area contributed by atoms with Crippen LogP contribution in [0.4, 0.5) is 17.1 Å². The van der Waals surface area contributed by atoms with E-state index < -0.39 is 16.2 Å². The molecule has 0 heterocycles. The Labute approximate surface area is 457 Å². The highest BCUT2D eigenvalue weighted by Gasteiger charge is 2.46. The number of benzene rings is 9. The molecule has 0 aromatic heterocycles. The Morgan fingerprint density at radius 3 is 1.17 bits per heavy atom. The van der Waals surface area contributed by atoms with E-state index in [2.05, 4.69) is 149 Å². The maximum Gasteiger partial charge on any atom is 0.115 e. The Balaban J connectivity index is 1.22. The molecule has 9 aromatic rings. The van der Waals surface area contributed by atoms with Crippen molar-refractivity contribution < 1.29 is 0 Å². The molecule has 9 aromatic carbocycles. The normalized spacial score (nSPS) is 15.9. The van der Waals surface area contributed by atoms with Crippen LogP contribution in [0, 0.1) is 0 Å². The zero-order valence-electron chi connectivity index (χ0n) is 42.6. The van der Waals surface area contributed by atoms with E-state index >= 15 is 0 Å². The largest absolute Gasteiger partial charge is 0.311 e. The summed E-state index contributed by atoms with van der Waals surface area (Å²) in [6, 6.07) is 46.8. The summed E-state index contributed by atoms with van der Waals surface area (Å²) in [7, 11) is 83.8. The first kappa shape index (κ1) is 49.4. The van der Waals surface area contributed by atoms with Gasteiger partial charge in [0.25, 0.3) is 0 Å². The Kier molecular flexibility index (Phi) is 11.2. The summed E-state index contributed by atoms with van der Waals surface area (Å²) in [6.45, 7) is 10.6. The predicted octanol–water partition coefficient (Wildman–Crippen LogP) is 1.96. The van der Waals surface area contributed by atoms with Gasteiger partial charge in [0, 0.05) is 33.2 Å². The number of hydrogen-bond acceptors (Lipinski definition) is 1. The number of nitrogens with zero attached hydrogens (tertiary/aromatic N) is 1. The molecule has 3 aliphatic carbocycles. The van der Waals surface area contributed by atoms with E-state index in [1.165, 1.54) is 5.56 Å². The first-order chi connectivity index (χ1) is 35.7. The van der Waals surface area contributed by atoms with Crippen molar-refractivity contribution in [3.63, 3.8) is 0 Å². The first-order valence-electron chi connectivity index (χ1n) is 24.9. The second-order valence-electron chi connectivity index (χ2n) is 21.5. The van der Waals surface area contributed by atoms with Gasteiger partial charge in [-0.2, -0.15) is 0 Å². The lowest BCUT2D eigenvalue weighted by Gasteiger charge is -2.38. The minimum atomic E-state index is -0.806. The molecule has 75 heavy (non-hydrogen) atoms. The molecule has 0 aliphatic heterocycles. The number of anilines is 3. The van der Waals surface area contributed by atoms with Crippen LogP contribution in [-0.2, 0) is 16.2 Å². The van der Waals surface area contributed by atoms with Gasteiger partial charge in [-0.05, 0) is 114 Å². The zero-order valence-corrected chi connectivity index (χ0v) is 42.6. The van der Waals surface area contributed by atoms with Crippen LogP contribution in [0.25, 0.3) is 55.6 Å². The van der Waals surface area contributed by atoms with E-state index in [9.17, 15) is 0 Å². The molecule has 1 nitrogen and oxygen atoms in total. The van der Waals surface area contributed by atoms with E-state index in [0.717, 1.165) is 61.3 Å². The van der Waals surface area contributed by atoms with Crippen LogP contribution in [0.3, 0.4) is 0 Å². The molecule has 0 amide bonds. The Bertz CT molecular complexity index is 3850. The molecule has 12 rings (SSSR count). The Morgan fingerprint density at radius 1 is 0.280 bits per heavy atom. The average molecular weight is 926 g/mol. The van der Waals surface area contributed by atoms with Crippen LogP contribution in [0.2, 0.25) is 0 Å². The van der Waals surface area contributed by atoms with Crippen LogP contribution in [-0.4, -0.2) is 94.2 Å². The molecule has 0 spiro atoms. The molecule has 13 heteroatoms. The summed E-state index contributed by atoms with van der Waals surface area (Å²) < 4.78 is 0. The van der Waals surface area contributed by atoms with E-state index in [1.807, 2.05) is 24.3 Å². The summed E-state index contributed by atoms with van der Waals surface area (Å²) in [6.07, 6.45) is 0. The smallest absolute Gasteiger partial charge is 0.115 e. The van der Waals surface area contributed by atoms with E-state index in [0.29, 0.717) is 55.7 Å². The molecule has 0 bridgehead atoms. The van der Waals surface area contributed by atoms with Gasteiger partial charge in [0.15, 0.2) is 0 Å². The Hall–Kier alpha value is -6.44. The van der Waals surface area contributed by atoms with Gasteiger partial charge in [0.1, 0.15) is 94.2 Å². The van der Waals surface area contributed by atoms with Crippen LogP contribution >= 0.6 is 0 Å². The molecule has 1 unspecified atom stereocenters. The van der Waals surface area contributed by atoms with Gasteiger partial charge in [-0.1, -0.05) is 187 Å². The van der Waals surface area contributed by atoms with Crippen LogP contribution in [0.5, 0.6) is 0 Å². The van der Waals surface area contributed by atoms with E-state index in [-0.39, 0.29) is 54.6 Å². The van der Waals surface area contributed by atoms with Gasteiger partial charge in [0.05, 0.1) is 5.69 Å². The van der Waals surface area contributed by atoms with Gasteiger partial charge in [-0.25, -0.2) is 0 Å². The van der Waals surface area contributed by atoms with Crippen molar-refractivity contribution in [3.8, 4) is 55.6 Å². The highest BCUT2D eigenvalue weighted by molar-refractivity contribution is 6.66. The summed E-state index contributed by atoms with van der Waals surface area (Å²) in [5.41, 5.74) is 17.8. The maximum atomic E-state index is 7.57. The van der Waals surface area contributed by atoms with Crippen molar-refractivity contribution >= 4 is 177 Å². The topological polar surface area (TPSA) is 3.24 Å². The van der Waals surface area contributed by atoms with Crippen molar-refractivity contribution in [2.75, 3.05) is 4.90 Å². The summed E-state index contributed by atoms with van der Waals surface area (Å²) in [5.74, 6) is 0. The van der Waals surface area contributed by atoms with Gasteiger partial charge in [-0.3, -0.25) is 0 Å². The minimum absolute atomic E-state index is 0.178. The molecule has 3 aliphatic rings. The fourth-order valence-electron chi connectivity index (χ4n) is 13.2. The number of rotatable bonds is 6. The second kappa shape index (κ2) is 17.0. The van der Waals surface area contributed by atoms with Crippen molar-refractivity contribution in [1.29, 1.82) is 0 Å². The average Bonchev–Trinajstić information content (AvgIpc) is 3.98. The molecule has 0 N–H and O–H groups in total. The molecule has 0 fully saturated rings. The highest BCUT2D eigenvalue weighted by atomic mass is 15.1. The third-order valence-electron chi connectivity index (χ3n) is 17.0. The quantitative estimate of drug-likeness (QED) is 0.231. The fourth-order valence-corrected chi connectivity index (χ4v) is 13.2. The van der Waals surface area contributed by atoms with Crippen LogP contribution in [0.1, 0.15) is 73.6 Å². The minimum Gasteiger partial charge on any atom is -0.311 e. The van der Waals surface area contributed by atoms with E-state index in [4.69, 9.17) is 94.2 Å². The molecular formula is C62H37B12N. The highest BCUT2D eigenvalue weighted by Crippen LogP contribution is 2.59. The van der Waals surface area contributed by atoms with Gasteiger partial charge >= 0.3 is 0 Å². The SMILES string of the molecule is [B]c1c(N(c2cc3c(c([B])c2[B])-c2c([B])c([B])c([B])c([B])c2C3(C)C)c2cccc(C3(C)c4ccccc4-c4c(-c5ccccc5)cccc43)c2-c2ccccc2)cc2c(c1[B])-c1c([B])c([B])c([B])c([B])c1C2(C)C. The lowest BCUT2D eigenvalue weighted by Crippen LogP contribution is -2.51. The lowest BCUT2D eigenvalue weighted by atomic mass is 9.61. The van der Waals surface area contributed by atoms with Gasteiger partial charge < -0.3 is 4.90 Å². The van der Waals surface area contributed by atoms with Gasteiger partial charge in [0.2, 0.25) is 0 Å². The molecule has 0 saturated heterocycles. The lowest BCUT2D eigenvalue weighted by molar-refractivity contribution is 0.665. The first-order valence-corrected chi connectivity index (χ1v) is 24.9. The third-order valence-corrected chi connectivity index (χ3v) is 17.0. The third kappa shape index (κ3) is 6.55. The van der Waals surface area contributed by atoms with Crippen molar-refractivity contribution in [2.24, 2.45) is 0 Å². The maximum absolute atomic E-state index is 7.57. The monoisotopic (exact) mass is 927 g/mol. The number of hydrogen-bond donors (Lipinski definition) is 0. The van der Waals surface area contributed by atoms with Crippen molar-refractivity contribution in [2.45, 2.75) is 50.9 Å². The molecule has 0 saturated carbocycles. The van der Waals surface area contributed by atoms with E-state index in [1.54, 1.807) is 0 Å². The summed E-state index contributed by atoms with van der Waals surface area (Å²) >= 11 is 0. The zero-order chi connectivity index (χ0) is 53.1. The summed E-state index contributed by atoms with van der Waals surface area (Å²) in [4.78, 5) is 2.10. The number of fused-ring (bicyclic) bond motifs is 9. The fraction of sp³-hybridized carbons (Fsp3) is 0.129. The molecule has 326 valence electrons. The second-order valence-corrected chi connectivity index (χ2v) is 21.5. The molecule has 24 radical (unpaired) electrons. The van der Waals surface area contributed by atoms with Gasteiger partial charge in [-0.15, -0.1) is 21.9 Å².